The van der Waals surface area contributed by atoms with Crippen LogP contribution in [0.1, 0.15) is 36.0 Å². The Morgan fingerprint density at radius 3 is 2.24 bits per heavy atom. The standard InChI is InChI=1S/C14H16N2O5/c17-12(14(20)21)16-10-7-3-6-9(11(10)13(18)19)15-8-4-1-2-5-8/h3,6-8,15H,1-2,4-5H2,(H,16,17)(H,18,19)(H,20,21). The van der Waals surface area contributed by atoms with Gasteiger partial charge >= 0.3 is 17.8 Å². The van der Waals surface area contributed by atoms with Crippen LogP contribution in [0.15, 0.2) is 18.2 Å². The molecule has 0 saturated heterocycles. The SMILES string of the molecule is O=C(O)C(=O)Nc1cccc(NC2CCCC2)c1C(=O)O. The van der Waals surface area contributed by atoms with Crippen molar-refractivity contribution >= 4 is 29.2 Å². The van der Waals surface area contributed by atoms with Gasteiger partial charge in [0.15, 0.2) is 0 Å². The van der Waals surface area contributed by atoms with E-state index < -0.39 is 17.8 Å². The molecule has 1 aromatic carbocycles. The molecule has 112 valence electrons. The first kappa shape index (κ1) is 14.8. The number of carboxylic acid groups (broad SMARTS) is 2. The predicted molar refractivity (Wildman–Crippen MR) is 75.5 cm³/mol. The summed E-state index contributed by atoms with van der Waals surface area (Å²) in [6.07, 6.45) is 4.11. The Balaban J connectivity index is 2.29. The second-order valence-electron chi connectivity index (χ2n) is 4.92. The van der Waals surface area contributed by atoms with Crippen molar-refractivity contribution < 1.29 is 24.6 Å². The van der Waals surface area contributed by atoms with E-state index in [1.807, 2.05) is 0 Å². The molecule has 0 spiro atoms. The third kappa shape index (κ3) is 3.50. The summed E-state index contributed by atoms with van der Waals surface area (Å²) in [6, 6.07) is 4.75. The molecule has 1 aliphatic carbocycles. The number of carbonyl (C=O) groups is 3. The Hall–Kier alpha value is -2.57. The second-order valence-corrected chi connectivity index (χ2v) is 4.92. The fourth-order valence-electron chi connectivity index (χ4n) is 2.47. The van der Waals surface area contributed by atoms with Crippen molar-refractivity contribution in [3.05, 3.63) is 23.8 Å². The molecule has 0 bridgehead atoms. The summed E-state index contributed by atoms with van der Waals surface area (Å²) in [5, 5.41) is 23.2. The van der Waals surface area contributed by atoms with Gasteiger partial charge in [0.2, 0.25) is 0 Å². The van der Waals surface area contributed by atoms with Gasteiger partial charge in [0.1, 0.15) is 5.56 Å². The van der Waals surface area contributed by atoms with E-state index in [2.05, 4.69) is 10.6 Å². The van der Waals surface area contributed by atoms with Gasteiger partial charge in [-0.05, 0) is 25.0 Å². The molecule has 7 heteroatoms. The summed E-state index contributed by atoms with van der Waals surface area (Å²) < 4.78 is 0. The molecule has 1 aromatic rings. The highest BCUT2D eigenvalue weighted by Crippen LogP contribution is 2.28. The third-order valence-corrected chi connectivity index (χ3v) is 3.44. The van der Waals surface area contributed by atoms with Gasteiger partial charge in [-0.1, -0.05) is 18.9 Å². The minimum Gasteiger partial charge on any atom is -0.478 e. The van der Waals surface area contributed by atoms with Crippen LogP contribution >= 0.6 is 0 Å². The lowest BCUT2D eigenvalue weighted by molar-refractivity contribution is -0.147. The lowest BCUT2D eigenvalue weighted by atomic mass is 10.1. The van der Waals surface area contributed by atoms with Gasteiger partial charge < -0.3 is 20.8 Å². The normalized spacial score (nSPS) is 14.7. The van der Waals surface area contributed by atoms with E-state index in [0.29, 0.717) is 5.69 Å². The molecule has 7 nitrogen and oxygen atoms in total. The lowest BCUT2D eigenvalue weighted by Gasteiger charge is -2.17. The molecular weight excluding hydrogens is 276 g/mol. The molecule has 0 radical (unpaired) electrons. The van der Waals surface area contributed by atoms with Crippen LogP contribution in [0.4, 0.5) is 11.4 Å². The maximum Gasteiger partial charge on any atom is 0.394 e. The number of hydrogen-bond donors (Lipinski definition) is 4. The molecule has 0 unspecified atom stereocenters. The maximum absolute atomic E-state index is 11.4. The smallest absolute Gasteiger partial charge is 0.394 e. The maximum atomic E-state index is 11.4. The summed E-state index contributed by atoms with van der Waals surface area (Å²) >= 11 is 0. The minimum atomic E-state index is -1.67. The van der Waals surface area contributed by atoms with Crippen LogP contribution < -0.4 is 10.6 Å². The van der Waals surface area contributed by atoms with Crippen LogP contribution in [-0.4, -0.2) is 34.1 Å². The van der Waals surface area contributed by atoms with Crippen molar-refractivity contribution in [3.63, 3.8) is 0 Å². The zero-order chi connectivity index (χ0) is 15.4. The van der Waals surface area contributed by atoms with Gasteiger partial charge in [-0.2, -0.15) is 0 Å². The fraction of sp³-hybridized carbons (Fsp3) is 0.357. The molecule has 0 aliphatic heterocycles. The monoisotopic (exact) mass is 292 g/mol. The molecule has 1 aliphatic rings. The molecule has 0 atom stereocenters. The van der Waals surface area contributed by atoms with Gasteiger partial charge in [0, 0.05) is 6.04 Å². The number of nitrogens with one attached hydrogen (secondary N) is 2. The van der Waals surface area contributed by atoms with Crippen molar-refractivity contribution in [2.45, 2.75) is 31.7 Å². The van der Waals surface area contributed by atoms with E-state index in [1.165, 1.54) is 6.07 Å². The van der Waals surface area contributed by atoms with Gasteiger partial charge in [-0.15, -0.1) is 0 Å². The number of anilines is 2. The van der Waals surface area contributed by atoms with E-state index in [1.54, 1.807) is 12.1 Å². The van der Waals surface area contributed by atoms with Gasteiger partial charge in [-0.25, -0.2) is 9.59 Å². The Morgan fingerprint density at radius 2 is 1.67 bits per heavy atom. The lowest BCUT2D eigenvalue weighted by Crippen LogP contribution is -2.24. The fourth-order valence-corrected chi connectivity index (χ4v) is 2.47. The van der Waals surface area contributed by atoms with Crippen LogP contribution in [0.2, 0.25) is 0 Å². The average molecular weight is 292 g/mol. The third-order valence-electron chi connectivity index (χ3n) is 3.44. The average Bonchev–Trinajstić information content (AvgIpc) is 2.91. The Labute approximate surface area is 121 Å². The number of rotatable bonds is 4. The van der Waals surface area contributed by atoms with Crippen LogP contribution in [0, 0.1) is 0 Å². The zero-order valence-corrected chi connectivity index (χ0v) is 11.3. The highest BCUT2D eigenvalue weighted by atomic mass is 16.4. The highest BCUT2D eigenvalue weighted by Gasteiger charge is 2.22. The minimum absolute atomic E-state index is 0.0297. The van der Waals surface area contributed by atoms with Gasteiger partial charge in [0.05, 0.1) is 11.4 Å². The zero-order valence-electron chi connectivity index (χ0n) is 11.3. The molecule has 2 rings (SSSR count). The predicted octanol–water partition coefficient (Wildman–Crippen LogP) is 1.76. The van der Waals surface area contributed by atoms with E-state index in [9.17, 15) is 19.5 Å². The number of benzene rings is 1. The number of carboxylic acids is 2. The molecule has 0 aromatic heterocycles. The Kier molecular flexibility index (Phi) is 4.42. The number of aromatic carboxylic acids is 1. The summed E-state index contributed by atoms with van der Waals surface area (Å²) in [7, 11) is 0. The summed E-state index contributed by atoms with van der Waals surface area (Å²) in [4.78, 5) is 33.2. The van der Waals surface area contributed by atoms with Crippen molar-refractivity contribution in [2.75, 3.05) is 10.6 Å². The van der Waals surface area contributed by atoms with Gasteiger partial charge in [0.25, 0.3) is 0 Å². The van der Waals surface area contributed by atoms with Crippen molar-refractivity contribution in [1.29, 1.82) is 0 Å². The molecule has 1 amide bonds. The quantitative estimate of drug-likeness (QED) is 0.628. The van der Waals surface area contributed by atoms with E-state index in [-0.39, 0.29) is 17.3 Å². The highest BCUT2D eigenvalue weighted by molar-refractivity contribution is 6.37. The Morgan fingerprint density at radius 1 is 1.05 bits per heavy atom. The summed E-state index contributed by atoms with van der Waals surface area (Å²) in [6.45, 7) is 0. The van der Waals surface area contributed by atoms with E-state index in [0.717, 1.165) is 25.7 Å². The Bertz CT molecular complexity index is 579. The second kappa shape index (κ2) is 6.25. The van der Waals surface area contributed by atoms with Crippen molar-refractivity contribution in [3.8, 4) is 0 Å². The largest absolute Gasteiger partial charge is 0.478 e. The first-order chi connectivity index (χ1) is 9.99. The van der Waals surface area contributed by atoms with E-state index in [4.69, 9.17) is 5.11 Å². The van der Waals surface area contributed by atoms with E-state index >= 15 is 0 Å². The van der Waals surface area contributed by atoms with Crippen LogP contribution in [0.3, 0.4) is 0 Å². The van der Waals surface area contributed by atoms with Crippen molar-refractivity contribution in [1.82, 2.24) is 0 Å². The molecule has 0 heterocycles. The molecule has 1 saturated carbocycles. The van der Waals surface area contributed by atoms with Crippen LogP contribution in [0.5, 0.6) is 0 Å². The molecule has 21 heavy (non-hydrogen) atoms. The molecule has 1 fully saturated rings. The summed E-state index contributed by atoms with van der Waals surface area (Å²) in [5.74, 6) is -4.16. The number of carbonyl (C=O) groups excluding carboxylic acids is 1. The molecule has 4 N–H and O–H groups in total. The van der Waals surface area contributed by atoms with Crippen LogP contribution in [-0.2, 0) is 9.59 Å². The number of hydrogen-bond acceptors (Lipinski definition) is 4. The first-order valence-electron chi connectivity index (χ1n) is 6.66. The molecular formula is C14H16N2O5. The number of aliphatic carboxylic acids is 1. The first-order valence-corrected chi connectivity index (χ1v) is 6.66. The van der Waals surface area contributed by atoms with Crippen LogP contribution in [0.25, 0.3) is 0 Å². The van der Waals surface area contributed by atoms with Crippen molar-refractivity contribution in [2.24, 2.45) is 0 Å². The number of amides is 1. The topological polar surface area (TPSA) is 116 Å². The summed E-state index contributed by atoms with van der Waals surface area (Å²) in [5.41, 5.74) is 0.231. The van der Waals surface area contributed by atoms with Gasteiger partial charge in [-0.3, -0.25) is 4.79 Å².